The first-order valence-electron chi connectivity index (χ1n) is 7.97. The molecule has 1 amide bonds. The minimum atomic E-state index is -0.306. The SMILES string of the molecule is CC(=O)NOc1cccc(Cl)c1-c1cc(-c2c[nH]c3ccccc23)n[nH]1. The smallest absolute Gasteiger partial charge is 0.249 e. The zero-order chi connectivity index (χ0) is 18.1. The van der Waals surface area contributed by atoms with Crippen molar-refractivity contribution in [1.82, 2.24) is 20.7 Å². The van der Waals surface area contributed by atoms with E-state index in [-0.39, 0.29) is 5.91 Å². The molecule has 3 N–H and O–H groups in total. The molecule has 2 heterocycles. The Morgan fingerprint density at radius 1 is 1.19 bits per heavy atom. The van der Waals surface area contributed by atoms with E-state index in [1.807, 2.05) is 36.5 Å². The molecule has 0 aliphatic rings. The lowest BCUT2D eigenvalue weighted by Crippen LogP contribution is -2.24. The molecule has 26 heavy (non-hydrogen) atoms. The molecule has 0 saturated carbocycles. The summed E-state index contributed by atoms with van der Waals surface area (Å²) < 4.78 is 0. The Kier molecular flexibility index (Phi) is 4.10. The first-order chi connectivity index (χ1) is 12.6. The lowest BCUT2D eigenvalue weighted by molar-refractivity contribution is -0.125. The van der Waals surface area contributed by atoms with Crippen LogP contribution >= 0.6 is 11.6 Å². The summed E-state index contributed by atoms with van der Waals surface area (Å²) in [5, 5.41) is 8.99. The fraction of sp³-hybridized carbons (Fsp3) is 0.0526. The monoisotopic (exact) mass is 366 g/mol. The number of halogens is 1. The van der Waals surface area contributed by atoms with Gasteiger partial charge in [0.2, 0.25) is 5.91 Å². The maximum atomic E-state index is 11.1. The normalized spacial score (nSPS) is 10.8. The fourth-order valence-electron chi connectivity index (χ4n) is 2.85. The molecule has 4 aromatic rings. The summed E-state index contributed by atoms with van der Waals surface area (Å²) in [6.45, 7) is 1.37. The van der Waals surface area contributed by atoms with Gasteiger partial charge in [0, 0.05) is 29.6 Å². The molecular formula is C19H15ClN4O2. The van der Waals surface area contributed by atoms with Gasteiger partial charge in [0.15, 0.2) is 5.75 Å². The number of rotatable bonds is 4. The first-order valence-corrected chi connectivity index (χ1v) is 8.35. The van der Waals surface area contributed by atoms with Gasteiger partial charge in [0.25, 0.3) is 0 Å². The van der Waals surface area contributed by atoms with Crippen molar-refractivity contribution < 1.29 is 9.63 Å². The highest BCUT2D eigenvalue weighted by molar-refractivity contribution is 6.33. The molecule has 0 atom stereocenters. The number of hydrogen-bond acceptors (Lipinski definition) is 3. The van der Waals surface area contributed by atoms with Crippen molar-refractivity contribution in [1.29, 1.82) is 0 Å². The number of nitrogens with zero attached hydrogens (tertiary/aromatic N) is 1. The second-order valence-electron chi connectivity index (χ2n) is 5.79. The highest BCUT2D eigenvalue weighted by atomic mass is 35.5. The number of aromatic nitrogens is 3. The number of para-hydroxylation sites is 1. The van der Waals surface area contributed by atoms with Crippen molar-refractivity contribution in [3.05, 3.63) is 59.8 Å². The van der Waals surface area contributed by atoms with E-state index in [0.29, 0.717) is 22.0 Å². The van der Waals surface area contributed by atoms with Crippen LogP contribution in [0.4, 0.5) is 0 Å². The number of nitrogens with one attached hydrogen (secondary N) is 3. The van der Waals surface area contributed by atoms with E-state index in [2.05, 4.69) is 20.7 Å². The molecule has 0 saturated heterocycles. The van der Waals surface area contributed by atoms with Crippen LogP contribution in [0.15, 0.2) is 54.7 Å². The van der Waals surface area contributed by atoms with Crippen molar-refractivity contribution in [3.8, 4) is 28.3 Å². The number of carbonyl (C=O) groups is 1. The summed E-state index contributed by atoms with van der Waals surface area (Å²) in [6, 6.07) is 15.1. The highest BCUT2D eigenvalue weighted by Crippen LogP contribution is 2.37. The van der Waals surface area contributed by atoms with Gasteiger partial charge in [-0.25, -0.2) is 0 Å². The standard InChI is InChI=1S/C19H15ClN4O2/c1-11(25)24-26-18-8-4-6-14(20)19(18)17-9-16(22-23-17)13-10-21-15-7-3-2-5-12(13)15/h2-10,21H,1H3,(H,22,23)(H,24,25). The van der Waals surface area contributed by atoms with Gasteiger partial charge in [-0.05, 0) is 24.3 Å². The summed E-state index contributed by atoms with van der Waals surface area (Å²) in [5.41, 5.74) is 6.45. The van der Waals surface area contributed by atoms with Crippen molar-refractivity contribution in [2.45, 2.75) is 6.92 Å². The molecule has 0 aliphatic heterocycles. The summed E-state index contributed by atoms with van der Waals surface area (Å²) in [6.07, 6.45) is 1.92. The molecule has 130 valence electrons. The number of carbonyl (C=O) groups excluding carboxylic acids is 1. The molecule has 2 aromatic heterocycles. The summed E-state index contributed by atoms with van der Waals surface area (Å²) in [4.78, 5) is 19.7. The van der Waals surface area contributed by atoms with Crippen LogP contribution in [0.5, 0.6) is 5.75 Å². The molecule has 7 heteroatoms. The van der Waals surface area contributed by atoms with E-state index < -0.39 is 0 Å². The van der Waals surface area contributed by atoms with E-state index >= 15 is 0 Å². The van der Waals surface area contributed by atoms with Gasteiger partial charge in [-0.1, -0.05) is 35.9 Å². The van der Waals surface area contributed by atoms with Gasteiger partial charge >= 0.3 is 0 Å². The Balaban J connectivity index is 1.76. The zero-order valence-electron chi connectivity index (χ0n) is 13.8. The lowest BCUT2D eigenvalue weighted by Gasteiger charge is -2.10. The summed E-state index contributed by atoms with van der Waals surface area (Å²) >= 11 is 6.36. The Morgan fingerprint density at radius 2 is 2.04 bits per heavy atom. The Labute approximate surface area is 154 Å². The van der Waals surface area contributed by atoms with Crippen LogP contribution in [-0.2, 0) is 4.79 Å². The molecule has 0 aliphatic carbocycles. The topological polar surface area (TPSA) is 82.8 Å². The van der Waals surface area contributed by atoms with Crippen LogP contribution in [0.1, 0.15) is 6.92 Å². The third-order valence-corrected chi connectivity index (χ3v) is 4.31. The van der Waals surface area contributed by atoms with Gasteiger partial charge in [0.1, 0.15) is 0 Å². The van der Waals surface area contributed by atoms with E-state index in [0.717, 1.165) is 22.2 Å². The molecule has 0 fully saturated rings. The number of benzene rings is 2. The van der Waals surface area contributed by atoms with Crippen LogP contribution in [0.3, 0.4) is 0 Å². The van der Waals surface area contributed by atoms with Crippen molar-refractivity contribution >= 4 is 28.4 Å². The molecule has 2 aromatic carbocycles. The molecule has 6 nitrogen and oxygen atoms in total. The molecular weight excluding hydrogens is 352 g/mol. The van der Waals surface area contributed by atoms with Crippen LogP contribution < -0.4 is 10.3 Å². The molecule has 0 spiro atoms. The van der Waals surface area contributed by atoms with Crippen molar-refractivity contribution in [3.63, 3.8) is 0 Å². The van der Waals surface area contributed by atoms with Gasteiger partial charge < -0.3 is 9.82 Å². The van der Waals surface area contributed by atoms with Crippen LogP contribution in [0.25, 0.3) is 33.4 Å². The Hall–Kier alpha value is -3.25. The number of aromatic amines is 2. The second-order valence-corrected chi connectivity index (χ2v) is 6.20. The van der Waals surface area contributed by atoms with Crippen molar-refractivity contribution in [2.24, 2.45) is 0 Å². The minimum absolute atomic E-state index is 0.306. The third kappa shape index (κ3) is 2.91. The Morgan fingerprint density at radius 3 is 2.88 bits per heavy atom. The number of hydroxylamine groups is 1. The van der Waals surface area contributed by atoms with Gasteiger partial charge in [0.05, 0.1) is 22.0 Å². The van der Waals surface area contributed by atoms with Crippen LogP contribution in [0.2, 0.25) is 5.02 Å². The minimum Gasteiger partial charge on any atom is -0.379 e. The first kappa shape index (κ1) is 16.2. The van der Waals surface area contributed by atoms with Gasteiger partial charge in [-0.3, -0.25) is 9.89 Å². The summed E-state index contributed by atoms with van der Waals surface area (Å²) in [7, 11) is 0. The van der Waals surface area contributed by atoms with Crippen LogP contribution in [-0.4, -0.2) is 21.1 Å². The fourth-order valence-corrected chi connectivity index (χ4v) is 3.12. The molecule has 0 radical (unpaired) electrons. The number of hydrogen-bond donors (Lipinski definition) is 3. The molecule has 0 bridgehead atoms. The number of amides is 1. The quantitative estimate of drug-likeness (QED) is 0.471. The maximum Gasteiger partial charge on any atom is 0.249 e. The van der Waals surface area contributed by atoms with E-state index in [4.69, 9.17) is 16.4 Å². The van der Waals surface area contributed by atoms with E-state index in [1.54, 1.807) is 18.2 Å². The van der Waals surface area contributed by atoms with Crippen LogP contribution in [0, 0.1) is 0 Å². The highest BCUT2D eigenvalue weighted by Gasteiger charge is 2.16. The molecule has 0 unspecified atom stereocenters. The second kappa shape index (κ2) is 6.57. The van der Waals surface area contributed by atoms with Gasteiger partial charge in [-0.15, -0.1) is 0 Å². The predicted octanol–water partition coefficient (Wildman–Crippen LogP) is 4.31. The average molecular weight is 367 g/mol. The Bertz CT molecular complexity index is 1100. The maximum absolute atomic E-state index is 11.1. The van der Waals surface area contributed by atoms with Gasteiger partial charge in [-0.2, -0.15) is 10.6 Å². The largest absolute Gasteiger partial charge is 0.379 e. The summed E-state index contributed by atoms with van der Waals surface area (Å²) in [5.74, 6) is 0.127. The lowest BCUT2D eigenvalue weighted by atomic mass is 10.1. The third-order valence-electron chi connectivity index (χ3n) is 3.99. The zero-order valence-corrected chi connectivity index (χ0v) is 14.6. The van der Waals surface area contributed by atoms with E-state index in [1.165, 1.54) is 6.92 Å². The molecule has 4 rings (SSSR count). The van der Waals surface area contributed by atoms with E-state index in [9.17, 15) is 4.79 Å². The number of fused-ring (bicyclic) bond motifs is 1. The number of H-pyrrole nitrogens is 2. The predicted molar refractivity (Wildman–Crippen MR) is 101 cm³/mol. The average Bonchev–Trinajstić information content (AvgIpc) is 3.26. The van der Waals surface area contributed by atoms with Crippen molar-refractivity contribution in [2.75, 3.05) is 0 Å².